The fourth-order valence-corrected chi connectivity index (χ4v) is 4.83. The summed E-state index contributed by atoms with van der Waals surface area (Å²) in [6.45, 7) is 5.09. The molecule has 1 heterocycles. The lowest BCUT2D eigenvalue weighted by Gasteiger charge is -2.28. The van der Waals surface area contributed by atoms with Crippen LogP contribution in [0.2, 0.25) is 0 Å². The van der Waals surface area contributed by atoms with Crippen LogP contribution in [-0.4, -0.2) is 68.9 Å². The second-order valence-corrected chi connectivity index (χ2v) is 9.68. The maximum absolute atomic E-state index is 12.7. The molecule has 0 aromatic heterocycles. The summed E-state index contributed by atoms with van der Waals surface area (Å²) in [6, 6.07) is 7.34. The van der Waals surface area contributed by atoms with Gasteiger partial charge in [-0.3, -0.25) is 4.79 Å². The smallest absolute Gasteiger partial charge is 0.267 e. The standard InChI is InChI=1S/C20H28N4O3S/c1-15-6-5-7-19(16(15)2)22-20(25)17(12-21)13-24(10-9-23(3)4)18-8-11-28(26,27)14-18/h5-7,13,18H,8-11,14H2,1-4H3,(H,22,25)/b17-13-. The Morgan fingerprint density at radius 2 is 2.04 bits per heavy atom. The van der Waals surface area contributed by atoms with Crippen LogP contribution in [0.4, 0.5) is 5.69 Å². The maximum Gasteiger partial charge on any atom is 0.267 e. The molecule has 8 heteroatoms. The molecule has 1 amide bonds. The zero-order chi connectivity index (χ0) is 20.9. The highest BCUT2D eigenvalue weighted by Crippen LogP contribution is 2.21. The van der Waals surface area contributed by atoms with Gasteiger partial charge in [0.15, 0.2) is 9.84 Å². The SMILES string of the molecule is Cc1cccc(NC(=O)/C(C#N)=C\N(CCN(C)C)C2CCS(=O)(=O)C2)c1C. The van der Waals surface area contributed by atoms with Gasteiger partial charge in [0.25, 0.3) is 5.91 Å². The minimum atomic E-state index is -3.07. The molecule has 1 aliphatic heterocycles. The van der Waals surface area contributed by atoms with E-state index in [4.69, 9.17) is 0 Å². The predicted octanol–water partition coefficient (Wildman–Crippen LogP) is 1.70. The number of carbonyl (C=O) groups excluding carboxylic acids is 1. The van der Waals surface area contributed by atoms with Crippen molar-refractivity contribution in [3.05, 3.63) is 41.1 Å². The van der Waals surface area contributed by atoms with Gasteiger partial charge < -0.3 is 15.1 Å². The van der Waals surface area contributed by atoms with Crippen LogP contribution < -0.4 is 5.32 Å². The Hall–Kier alpha value is -2.37. The van der Waals surface area contributed by atoms with Crippen molar-refractivity contribution >= 4 is 21.4 Å². The van der Waals surface area contributed by atoms with Gasteiger partial charge in [-0.05, 0) is 51.6 Å². The van der Waals surface area contributed by atoms with Crippen molar-refractivity contribution in [3.63, 3.8) is 0 Å². The molecule has 2 rings (SSSR count). The third-order valence-electron chi connectivity index (χ3n) is 5.00. The third-order valence-corrected chi connectivity index (χ3v) is 6.75. The van der Waals surface area contributed by atoms with Gasteiger partial charge in [-0.15, -0.1) is 0 Å². The molecule has 0 radical (unpaired) electrons. The number of rotatable bonds is 7. The van der Waals surface area contributed by atoms with E-state index >= 15 is 0 Å². The number of nitrogens with one attached hydrogen (secondary N) is 1. The van der Waals surface area contributed by atoms with Gasteiger partial charge in [0.1, 0.15) is 11.6 Å². The van der Waals surface area contributed by atoms with E-state index in [-0.39, 0.29) is 23.1 Å². The zero-order valence-corrected chi connectivity index (χ0v) is 17.7. The molecule has 1 aromatic carbocycles. The first-order valence-corrected chi connectivity index (χ1v) is 11.1. The molecule has 7 nitrogen and oxygen atoms in total. The molecule has 0 bridgehead atoms. The summed E-state index contributed by atoms with van der Waals surface area (Å²) in [5, 5.41) is 12.3. The number of nitriles is 1. The van der Waals surface area contributed by atoms with E-state index in [1.807, 2.05) is 55.9 Å². The van der Waals surface area contributed by atoms with Gasteiger partial charge in [0.05, 0.1) is 11.5 Å². The van der Waals surface area contributed by atoms with Crippen LogP contribution in [0.15, 0.2) is 30.0 Å². The Morgan fingerprint density at radius 3 is 2.61 bits per heavy atom. The number of nitrogens with zero attached hydrogens (tertiary/aromatic N) is 3. The van der Waals surface area contributed by atoms with Crippen LogP contribution in [0.1, 0.15) is 17.5 Å². The van der Waals surface area contributed by atoms with Gasteiger partial charge in [0.2, 0.25) is 0 Å². The Labute approximate surface area is 167 Å². The van der Waals surface area contributed by atoms with Gasteiger partial charge in [0, 0.05) is 31.0 Å². The van der Waals surface area contributed by atoms with Crippen molar-refractivity contribution in [1.82, 2.24) is 9.80 Å². The summed E-state index contributed by atoms with van der Waals surface area (Å²) in [7, 11) is 0.776. The van der Waals surface area contributed by atoms with Gasteiger partial charge in [-0.2, -0.15) is 5.26 Å². The van der Waals surface area contributed by atoms with E-state index in [0.717, 1.165) is 11.1 Å². The highest BCUT2D eigenvalue weighted by Gasteiger charge is 2.31. The Kier molecular flexibility index (Phi) is 7.22. The van der Waals surface area contributed by atoms with E-state index in [1.54, 1.807) is 6.07 Å². The lowest BCUT2D eigenvalue weighted by Crippen LogP contribution is -2.37. The number of sulfone groups is 1. The topological polar surface area (TPSA) is 93.5 Å². The molecule has 0 saturated carbocycles. The third kappa shape index (κ3) is 5.81. The van der Waals surface area contributed by atoms with E-state index in [0.29, 0.717) is 25.2 Å². The number of aryl methyl sites for hydroxylation is 1. The first-order valence-electron chi connectivity index (χ1n) is 9.23. The van der Waals surface area contributed by atoms with Crippen LogP contribution in [0.25, 0.3) is 0 Å². The average Bonchev–Trinajstić information content (AvgIpc) is 2.98. The van der Waals surface area contributed by atoms with E-state index in [2.05, 4.69) is 5.32 Å². The normalized spacial score (nSPS) is 18.7. The first-order chi connectivity index (χ1) is 13.1. The monoisotopic (exact) mass is 404 g/mol. The van der Waals surface area contributed by atoms with Crippen LogP contribution in [0, 0.1) is 25.2 Å². The molecule has 1 atom stereocenters. The second kappa shape index (κ2) is 9.22. The number of hydrogen-bond acceptors (Lipinski definition) is 6. The van der Waals surface area contributed by atoms with Crippen molar-refractivity contribution < 1.29 is 13.2 Å². The molecule has 1 fully saturated rings. The molecule has 152 valence electrons. The van der Waals surface area contributed by atoms with Crippen molar-refractivity contribution in [2.45, 2.75) is 26.3 Å². The number of benzene rings is 1. The van der Waals surface area contributed by atoms with Crippen molar-refractivity contribution in [1.29, 1.82) is 5.26 Å². The number of anilines is 1. The number of hydrogen-bond donors (Lipinski definition) is 1. The summed E-state index contributed by atoms with van der Waals surface area (Å²) in [4.78, 5) is 16.5. The lowest BCUT2D eigenvalue weighted by molar-refractivity contribution is -0.112. The lowest BCUT2D eigenvalue weighted by atomic mass is 10.1. The molecule has 28 heavy (non-hydrogen) atoms. The van der Waals surface area contributed by atoms with Gasteiger partial charge in [-0.1, -0.05) is 12.1 Å². The van der Waals surface area contributed by atoms with Gasteiger partial charge in [-0.25, -0.2) is 8.42 Å². The predicted molar refractivity (Wildman–Crippen MR) is 111 cm³/mol. The second-order valence-electron chi connectivity index (χ2n) is 7.45. The summed E-state index contributed by atoms with van der Waals surface area (Å²) in [6.07, 6.45) is 2.01. The van der Waals surface area contributed by atoms with Crippen LogP contribution >= 0.6 is 0 Å². The van der Waals surface area contributed by atoms with Crippen molar-refractivity contribution in [2.24, 2.45) is 0 Å². The fourth-order valence-electron chi connectivity index (χ4n) is 3.09. The first kappa shape index (κ1) is 21.9. The molecule has 1 saturated heterocycles. The summed E-state index contributed by atoms with van der Waals surface area (Å²) < 4.78 is 23.8. The number of carbonyl (C=O) groups is 1. The molecular weight excluding hydrogens is 376 g/mol. The van der Waals surface area contributed by atoms with Gasteiger partial charge >= 0.3 is 0 Å². The molecule has 0 spiro atoms. The molecule has 1 aromatic rings. The van der Waals surface area contributed by atoms with Crippen molar-refractivity contribution in [3.8, 4) is 6.07 Å². The molecule has 1 unspecified atom stereocenters. The Bertz CT molecular complexity index is 901. The Balaban J connectivity index is 2.24. The molecular formula is C20H28N4O3S. The summed E-state index contributed by atoms with van der Waals surface area (Å²) >= 11 is 0. The van der Waals surface area contributed by atoms with Crippen molar-refractivity contribution in [2.75, 3.05) is 44.0 Å². The van der Waals surface area contributed by atoms with E-state index in [1.165, 1.54) is 6.20 Å². The molecule has 0 aliphatic carbocycles. The molecule has 1 N–H and O–H groups in total. The van der Waals surface area contributed by atoms with Crippen LogP contribution in [-0.2, 0) is 14.6 Å². The van der Waals surface area contributed by atoms with E-state index in [9.17, 15) is 18.5 Å². The van der Waals surface area contributed by atoms with E-state index < -0.39 is 15.7 Å². The summed E-state index contributed by atoms with van der Waals surface area (Å²) in [5.74, 6) is -0.304. The van der Waals surface area contributed by atoms with Crippen LogP contribution in [0.5, 0.6) is 0 Å². The Morgan fingerprint density at radius 1 is 1.32 bits per heavy atom. The number of likely N-dealkylation sites (N-methyl/N-ethyl adjacent to an activating group) is 1. The number of amides is 1. The highest BCUT2D eigenvalue weighted by molar-refractivity contribution is 7.91. The quantitative estimate of drug-likeness (QED) is 0.549. The average molecular weight is 405 g/mol. The maximum atomic E-state index is 12.7. The zero-order valence-electron chi connectivity index (χ0n) is 16.9. The largest absolute Gasteiger partial charge is 0.371 e. The fraction of sp³-hybridized carbons (Fsp3) is 0.500. The molecule has 1 aliphatic rings. The highest BCUT2D eigenvalue weighted by atomic mass is 32.2. The minimum absolute atomic E-state index is 0.0380. The summed E-state index contributed by atoms with van der Waals surface area (Å²) in [5.41, 5.74) is 2.61. The minimum Gasteiger partial charge on any atom is -0.371 e. The van der Waals surface area contributed by atoms with Crippen LogP contribution in [0.3, 0.4) is 0 Å².